The van der Waals surface area contributed by atoms with Crippen LogP contribution >= 0.6 is 0 Å². The van der Waals surface area contributed by atoms with Crippen molar-refractivity contribution in [3.05, 3.63) is 0 Å². The summed E-state index contributed by atoms with van der Waals surface area (Å²) in [6, 6.07) is 0. The molecule has 78 valence electrons. The maximum absolute atomic E-state index is 10.7. The molecule has 2 N–H and O–H groups in total. The molecule has 0 amide bonds. The van der Waals surface area contributed by atoms with E-state index < -0.39 is 17.5 Å². The Kier molecular flexibility index (Phi) is 4.99. The van der Waals surface area contributed by atoms with Gasteiger partial charge in [0.1, 0.15) is 0 Å². The first-order valence-electron chi connectivity index (χ1n) is 4.94. The highest BCUT2D eigenvalue weighted by atomic mass is 16.4. The van der Waals surface area contributed by atoms with Gasteiger partial charge in [-0.25, -0.2) is 0 Å². The number of aliphatic carboxylic acids is 1. The van der Waals surface area contributed by atoms with Crippen LogP contribution in [0.25, 0.3) is 0 Å². The summed E-state index contributed by atoms with van der Waals surface area (Å²) in [6.07, 6.45) is 2.18. The molecular formula is C10H20O3. The van der Waals surface area contributed by atoms with E-state index in [1.165, 1.54) is 0 Å². The van der Waals surface area contributed by atoms with Gasteiger partial charge in [0.05, 0.1) is 11.5 Å². The Morgan fingerprint density at radius 2 is 1.77 bits per heavy atom. The topological polar surface area (TPSA) is 57.5 Å². The zero-order chi connectivity index (χ0) is 10.5. The largest absolute Gasteiger partial charge is 0.481 e. The van der Waals surface area contributed by atoms with Crippen LogP contribution in [-0.4, -0.2) is 21.8 Å². The number of carbonyl (C=O) groups is 1. The predicted octanol–water partition coefficient (Wildman–Crippen LogP) is 2.04. The van der Waals surface area contributed by atoms with Gasteiger partial charge in [-0.3, -0.25) is 4.79 Å². The zero-order valence-corrected chi connectivity index (χ0v) is 8.71. The number of aliphatic hydroxyl groups is 1. The van der Waals surface area contributed by atoms with Crippen LogP contribution in [0.3, 0.4) is 0 Å². The van der Waals surface area contributed by atoms with Crippen molar-refractivity contribution in [3.8, 4) is 0 Å². The van der Waals surface area contributed by atoms with Crippen molar-refractivity contribution in [1.29, 1.82) is 0 Å². The maximum atomic E-state index is 10.7. The summed E-state index contributed by atoms with van der Waals surface area (Å²) in [5, 5.41) is 18.7. The highest BCUT2D eigenvalue weighted by Crippen LogP contribution is 2.25. The molecule has 0 spiro atoms. The average Bonchev–Trinajstić information content (AvgIpc) is 2.13. The van der Waals surface area contributed by atoms with Crippen LogP contribution in [0.1, 0.15) is 46.5 Å². The molecule has 0 radical (unpaired) electrons. The fourth-order valence-electron chi connectivity index (χ4n) is 1.40. The lowest BCUT2D eigenvalue weighted by atomic mass is 9.85. The van der Waals surface area contributed by atoms with Crippen LogP contribution in [0.5, 0.6) is 0 Å². The number of carboxylic acids is 1. The Bertz CT molecular complexity index is 162. The van der Waals surface area contributed by atoms with Crippen molar-refractivity contribution in [1.82, 2.24) is 0 Å². The molecule has 0 aliphatic heterocycles. The van der Waals surface area contributed by atoms with Gasteiger partial charge in [-0.2, -0.15) is 0 Å². The third-order valence-electron chi connectivity index (χ3n) is 2.78. The van der Waals surface area contributed by atoms with E-state index in [4.69, 9.17) is 5.11 Å². The lowest BCUT2D eigenvalue weighted by Crippen LogP contribution is -2.32. The van der Waals surface area contributed by atoms with Crippen molar-refractivity contribution in [3.63, 3.8) is 0 Å². The van der Waals surface area contributed by atoms with Crippen LogP contribution in [0, 0.1) is 5.92 Å². The lowest BCUT2D eigenvalue weighted by Gasteiger charge is -2.27. The van der Waals surface area contributed by atoms with Crippen molar-refractivity contribution in [2.45, 2.75) is 52.1 Å². The van der Waals surface area contributed by atoms with Gasteiger partial charge in [0.25, 0.3) is 0 Å². The van der Waals surface area contributed by atoms with Crippen LogP contribution in [0.2, 0.25) is 0 Å². The van der Waals surface area contributed by atoms with E-state index in [1.807, 2.05) is 20.8 Å². The molecular weight excluding hydrogens is 168 g/mol. The first-order valence-corrected chi connectivity index (χ1v) is 4.94. The third kappa shape index (κ3) is 3.77. The van der Waals surface area contributed by atoms with Gasteiger partial charge >= 0.3 is 5.97 Å². The molecule has 1 unspecified atom stereocenters. The predicted molar refractivity (Wildman–Crippen MR) is 51.6 cm³/mol. The smallest absolute Gasteiger partial charge is 0.306 e. The first-order chi connectivity index (χ1) is 5.99. The second-order valence-corrected chi connectivity index (χ2v) is 3.58. The minimum absolute atomic E-state index is 0.367. The number of rotatable bonds is 6. The fraction of sp³-hybridized carbons (Fsp3) is 0.900. The van der Waals surface area contributed by atoms with Crippen molar-refractivity contribution < 1.29 is 15.0 Å². The van der Waals surface area contributed by atoms with E-state index in [0.29, 0.717) is 25.7 Å². The van der Waals surface area contributed by atoms with Crippen LogP contribution in [-0.2, 0) is 4.79 Å². The van der Waals surface area contributed by atoms with E-state index in [1.54, 1.807) is 0 Å². The number of hydrogen-bond acceptors (Lipinski definition) is 2. The summed E-state index contributed by atoms with van der Waals surface area (Å²) in [5.41, 5.74) is -0.793. The highest BCUT2D eigenvalue weighted by molar-refractivity contribution is 5.69. The average molecular weight is 188 g/mol. The number of hydrogen-bond donors (Lipinski definition) is 2. The molecule has 13 heavy (non-hydrogen) atoms. The second kappa shape index (κ2) is 5.22. The van der Waals surface area contributed by atoms with Crippen LogP contribution < -0.4 is 0 Å². The van der Waals surface area contributed by atoms with Gasteiger partial charge < -0.3 is 10.2 Å². The molecule has 0 heterocycles. The van der Waals surface area contributed by atoms with E-state index in [-0.39, 0.29) is 0 Å². The fourth-order valence-corrected chi connectivity index (χ4v) is 1.40. The van der Waals surface area contributed by atoms with Gasteiger partial charge in [-0.15, -0.1) is 0 Å². The molecule has 0 aromatic carbocycles. The van der Waals surface area contributed by atoms with Crippen molar-refractivity contribution in [2.24, 2.45) is 5.92 Å². The SMILES string of the molecule is CCC(CC(O)(CC)CC)C(=O)O. The summed E-state index contributed by atoms with van der Waals surface area (Å²) in [5.74, 6) is -1.22. The zero-order valence-electron chi connectivity index (χ0n) is 8.71. The number of carboxylic acid groups (broad SMARTS) is 1. The second-order valence-electron chi connectivity index (χ2n) is 3.58. The molecule has 0 fully saturated rings. The maximum Gasteiger partial charge on any atom is 0.306 e. The molecule has 3 nitrogen and oxygen atoms in total. The summed E-state index contributed by atoms with van der Waals surface area (Å²) in [7, 11) is 0. The molecule has 0 rings (SSSR count). The Morgan fingerprint density at radius 1 is 1.31 bits per heavy atom. The molecule has 0 saturated carbocycles. The molecule has 0 aliphatic rings. The van der Waals surface area contributed by atoms with Gasteiger partial charge in [0.2, 0.25) is 0 Å². The molecule has 3 heteroatoms. The van der Waals surface area contributed by atoms with E-state index >= 15 is 0 Å². The van der Waals surface area contributed by atoms with E-state index in [2.05, 4.69) is 0 Å². The molecule has 0 saturated heterocycles. The van der Waals surface area contributed by atoms with Crippen molar-refractivity contribution in [2.75, 3.05) is 0 Å². The van der Waals surface area contributed by atoms with E-state index in [0.717, 1.165) is 0 Å². The molecule has 1 atom stereocenters. The van der Waals surface area contributed by atoms with Gasteiger partial charge in [-0.1, -0.05) is 20.8 Å². The summed E-state index contributed by atoms with van der Waals surface area (Å²) in [4.78, 5) is 10.7. The summed E-state index contributed by atoms with van der Waals surface area (Å²) in [6.45, 7) is 5.61. The first kappa shape index (κ1) is 12.4. The van der Waals surface area contributed by atoms with Gasteiger partial charge in [-0.05, 0) is 25.7 Å². The van der Waals surface area contributed by atoms with Gasteiger partial charge in [0.15, 0.2) is 0 Å². The molecule has 0 aromatic rings. The summed E-state index contributed by atoms with van der Waals surface area (Å²) < 4.78 is 0. The van der Waals surface area contributed by atoms with E-state index in [9.17, 15) is 9.90 Å². The standard InChI is InChI=1S/C10H20O3/c1-4-8(9(11)12)7-10(13,5-2)6-3/h8,13H,4-7H2,1-3H3,(H,11,12). The third-order valence-corrected chi connectivity index (χ3v) is 2.78. The quantitative estimate of drug-likeness (QED) is 0.670. The highest BCUT2D eigenvalue weighted by Gasteiger charge is 2.29. The Balaban J connectivity index is 4.27. The minimum atomic E-state index is -0.803. The summed E-state index contributed by atoms with van der Waals surface area (Å²) >= 11 is 0. The van der Waals surface area contributed by atoms with Crippen LogP contribution in [0.15, 0.2) is 0 Å². The monoisotopic (exact) mass is 188 g/mol. The minimum Gasteiger partial charge on any atom is -0.481 e. The van der Waals surface area contributed by atoms with Crippen molar-refractivity contribution >= 4 is 5.97 Å². The molecule has 0 aliphatic carbocycles. The lowest BCUT2D eigenvalue weighted by molar-refractivity contribution is -0.144. The normalized spacial score (nSPS) is 14.2. The Hall–Kier alpha value is -0.570. The van der Waals surface area contributed by atoms with Gasteiger partial charge in [0, 0.05) is 0 Å². The molecule has 0 aromatic heterocycles. The Morgan fingerprint density at radius 3 is 2.00 bits per heavy atom. The van der Waals surface area contributed by atoms with Crippen LogP contribution in [0.4, 0.5) is 0 Å². The molecule has 0 bridgehead atoms. The Labute approximate surface area is 79.8 Å².